The number of halogens is 2. The Labute approximate surface area is 178 Å². The van der Waals surface area contributed by atoms with E-state index in [-0.39, 0.29) is 11.7 Å². The summed E-state index contributed by atoms with van der Waals surface area (Å²) in [5, 5.41) is 4.69. The van der Waals surface area contributed by atoms with Crippen LogP contribution in [0.3, 0.4) is 0 Å². The maximum absolute atomic E-state index is 13.2. The van der Waals surface area contributed by atoms with Crippen molar-refractivity contribution in [3.63, 3.8) is 0 Å². The molecule has 8 heteroatoms. The lowest BCUT2D eigenvalue weighted by molar-refractivity contribution is -0.125. The molecule has 2 N–H and O–H groups in total. The van der Waals surface area contributed by atoms with E-state index in [2.05, 4.69) is 5.10 Å². The summed E-state index contributed by atoms with van der Waals surface area (Å²) in [4.78, 5) is 25.3. The van der Waals surface area contributed by atoms with Gasteiger partial charge in [-0.15, -0.1) is 0 Å². The summed E-state index contributed by atoms with van der Waals surface area (Å²) >= 11 is 6.43. The molecule has 2 amide bonds. The van der Waals surface area contributed by atoms with Gasteiger partial charge < -0.3 is 10.6 Å². The van der Waals surface area contributed by atoms with Gasteiger partial charge in [-0.25, -0.2) is 9.07 Å². The van der Waals surface area contributed by atoms with Crippen LogP contribution in [-0.2, 0) is 11.3 Å². The number of aryl methyl sites for hydroxylation is 1. The second kappa shape index (κ2) is 8.92. The molecule has 0 fully saturated rings. The number of amides is 2. The zero-order chi connectivity index (χ0) is 21.8. The molecule has 0 spiro atoms. The molecule has 0 radical (unpaired) electrons. The Morgan fingerprint density at radius 2 is 1.93 bits per heavy atom. The highest BCUT2D eigenvalue weighted by atomic mass is 35.5. The SMILES string of the molecule is Cc1nn(-c2ccc(F)cc2)c(Cl)c1/C=C/C(=O)N(C)Cc1cccc(C(N)=O)c1. The standard InChI is InChI=1S/C22H20ClFN4O2/c1-14-19(21(23)28(26-14)18-8-6-17(24)7-9-18)10-11-20(29)27(2)13-15-4-3-5-16(12-15)22(25)30/h3-12H,13H2,1-2H3,(H2,25,30)/b11-10+. The molecular formula is C22H20ClFN4O2. The van der Waals surface area contributed by atoms with E-state index in [4.69, 9.17) is 17.3 Å². The number of carbonyl (C=O) groups is 2. The smallest absolute Gasteiger partial charge is 0.248 e. The molecule has 0 aliphatic heterocycles. The number of carbonyl (C=O) groups excluding carboxylic acids is 2. The van der Waals surface area contributed by atoms with E-state index < -0.39 is 5.91 Å². The van der Waals surface area contributed by atoms with Crippen molar-refractivity contribution in [3.05, 3.63) is 88.0 Å². The van der Waals surface area contributed by atoms with Gasteiger partial charge in [0.2, 0.25) is 11.8 Å². The quantitative estimate of drug-likeness (QED) is 0.609. The number of primary amides is 1. The Bertz CT molecular complexity index is 1120. The molecule has 0 aliphatic rings. The number of nitrogens with two attached hydrogens (primary N) is 1. The minimum atomic E-state index is -0.519. The third kappa shape index (κ3) is 4.75. The molecule has 0 bridgehead atoms. The lowest BCUT2D eigenvalue weighted by atomic mass is 10.1. The third-order valence-corrected chi connectivity index (χ3v) is 4.88. The van der Waals surface area contributed by atoms with Crippen molar-refractivity contribution in [2.24, 2.45) is 5.73 Å². The molecule has 30 heavy (non-hydrogen) atoms. The minimum Gasteiger partial charge on any atom is -0.366 e. The van der Waals surface area contributed by atoms with E-state index in [0.29, 0.717) is 34.2 Å². The second-order valence-corrected chi connectivity index (χ2v) is 7.13. The van der Waals surface area contributed by atoms with Gasteiger partial charge in [0.25, 0.3) is 0 Å². The van der Waals surface area contributed by atoms with Crippen LogP contribution in [-0.4, -0.2) is 33.5 Å². The van der Waals surface area contributed by atoms with Crippen molar-refractivity contribution in [1.82, 2.24) is 14.7 Å². The van der Waals surface area contributed by atoms with Crippen LogP contribution in [0.5, 0.6) is 0 Å². The number of likely N-dealkylation sites (N-methyl/N-ethyl adjacent to an activating group) is 1. The van der Waals surface area contributed by atoms with E-state index in [9.17, 15) is 14.0 Å². The highest BCUT2D eigenvalue weighted by molar-refractivity contribution is 6.31. The van der Waals surface area contributed by atoms with Crippen LogP contribution in [0.2, 0.25) is 5.15 Å². The fourth-order valence-corrected chi connectivity index (χ4v) is 3.25. The fourth-order valence-electron chi connectivity index (χ4n) is 2.91. The summed E-state index contributed by atoms with van der Waals surface area (Å²) in [5.74, 6) is -1.12. The molecule has 2 aromatic carbocycles. The largest absolute Gasteiger partial charge is 0.366 e. The lowest BCUT2D eigenvalue weighted by Crippen LogP contribution is -2.24. The zero-order valence-corrected chi connectivity index (χ0v) is 17.2. The molecule has 6 nitrogen and oxygen atoms in total. The zero-order valence-electron chi connectivity index (χ0n) is 16.5. The van der Waals surface area contributed by atoms with Crippen molar-refractivity contribution in [1.29, 1.82) is 0 Å². The van der Waals surface area contributed by atoms with Crippen molar-refractivity contribution >= 4 is 29.5 Å². The predicted octanol–water partition coefficient (Wildman–Crippen LogP) is 3.74. The van der Waals surface area contributed by atoms with Gasteiger partial charge in [0.1, 0.15) is 11.0 Å². The van der Waals surface area contributed by atoms with Crippen LogP contribution < -0.4 is 5.73 Å². The molecule has 0 saturated heterocycles. The van der Waals surface area contributed by atoms with Crippen molar-refractivity contribution in [2.45, 2.75) is 13.5 Å². The summed E-state index contributed by atoms with van der Waals surface area (Å²) in [6.07, 6.45) is 3.01. The molecule has 0 atom stereocenters. The van der Waals surface area contributed by atoms with E-state index in [1.807, 2.05) is 6.07 Å². The molecule has 0 saturated carbocycles. The number of rotatable bonds is 6. The van der Waals surface area contributed by atoms with E-state index >= 15 is 0 Å². The molecule has 0 aliphatic carbocycles. The number of aromatic nitrogens is 2. The Morgan fingerprint density at radius 3 is 2.60 bits per heavy atom. The molecule has 1 heterocycles. The number of benzene rings is 2. The second-order valence-electron chi connectivity index (χ2n) is 6.77. The summed E-state index contributed by atoms with van der Waals surface area (Å²) < 4.78 is 14.6. The number of nitrogens with zero attached hydrogens (tertiary/aromatic N) is 3. The van der Waals surface area contributed by atoms with Crippen LogP contribution in [0.1, 0.15) is 27.2 Å². The average Bonchev–Trinajstić information content (AvgIpc) is 3.00. The van der Waals surface area contributed by atoms with Crippen molar-refractivity contribution < 1.29 is 14.0 Å². The Hall–Kier alpha value is -3.45. The number of hydrogen-bond donors (Lipinski definition) is 1. The maximum atomic E-state index is 13.2. The highest BCUT2D eigenvalue weighted by Gasteiger charge is 2.14. The first-order chi connectivity index (χ1) is 14.3. The van der Waals surface area contributed by atoms with Gasteiger partial charge in [0.15, 0.2) is 0 Å². The minimum absolute atomic E-state index is 0.246. The molecule has 0 unspecified atom stereocenters. The van der Waals surface area contributed by atoms with E-state index in [1.165, 1.54) is 27.8 Å². The van der Waals surface area contributed by atoms with Gasteiger partial charge in [0.05, 0.1) is 11.4 Å². The molecule has 1 aromatic heterocycles. The first-order valence-electron chi connectivity index (χ1n) is 9.09. The number of hydrogen-bond acceptors (Lipinski definition) is 3. The maximum Gasteiger partial charge on any atom is 0.248 e. The Kier molecular flexibility index (Phi) is 6.32. The van der Waals surface area contributed by atoms with Crippen molar-refractivity contribution in [2.75, 3.05) is 7.05 Å². The average molecular weight is 427 g/mol. The molecular weight excluding hydrogens is 407 g/mol. The summed E-state index contributed by atoms with van der Waals surface area (Å²) in [5.41, 5.74) is 8.31. The van der Waals surface area contributed by atoms with E-state index in [0.717, 1.165) is 5.56 Å². The predicted molar refractivity (Wildman–Crippen MR) is 114 cm³/mol. The Morgan fingerprint density at radius 1 is 1.23 bits per heavy atom. The topological polar surface area (TPSA) is 81.2 Å². The van der Waals surface area contributed by atoms with E-state index in [1.54, 1.807) is 50.4 Å². The first-order valence-corrected chi connectivity index (χ1v) is 9.47. The lowest BCUT2D eigenvalue weighted by Gasteiger charge is -2.15. The van der Waals surface area contributed by atoms with Crippen LogP contribution >= 0.6 is 11.6 Å². The summed E-state index contributed by atoms with van der Waals surface area (Å²) in [6, 6.07) is 12.6. The van der Waals surface area contributed by atoms with Crippen LogP contribution in [0.25, 0.3) is 11.8 Å². The molecule has 154 valence electrons. The van der Waals surface area contributed by atoms with Crippen LogP contribution in [0.15, 0.2) is 54.6 Å². The normalized spacial score (nSPS) is 11.1. The van der Waals surface area contributed by atoms with Gasteiger partial charge in [-0.2, -0.15) is 5.10 Å². The first kappa shape index (κ1) is 21.3. The van der Waals surface area contributed by atoms with Crippen LogP contribution in [0.4, 0.5) is 4.39 Å². The van der Waals surface area contributed by atoms with Gasteiger partial charge in [-0.05, 0) is 55.0 Å². The van der Waals surface area contributed by atoms with Gasteiger partial charge in [-0.1, -0.05) is 23.7 Å². The van der Waals surface area contributed by atoms with Crippen molar-refractivity contribution in [3.8, 4) is 5.69 Å². The molecule has 3 rings (SSSR count). The van der Waals surface area contributed by atoms with Gasteiger partial charge >= 0.3 is 0 Å². The Balaban J connectivity index is 1.75. The highest BCUT2D eigenvalue weighted by Crippen LogP contribution is 2.25. The summed E-state index contributed by atoms with van der Waals surface area (Å²) in [7, 11) is 1.65. The van der Waals surface area contributed by atoms with Gasteiger partial charge in [0, 0.05) is 30.8 Å². The molecule has 3 aromatic rings. The van der Waals surface area contributed by atoms with Crippen LogP contribution in [0, 0.1) is 12.7 Å². The van der Waals surface area contributed by atoms with Gasteiger partial charge in [-0.3, -0.25) is 9.59 Å². The summed E-state index contributed by atoms with van der Waals surface area (Å²) in [6.45, 7) is 2.08. The fraction of sp³-hybridized carbons (Fsp3) is 0.136. The monoisotopic (exact) mass is 426 g/mol. The third-order valence-electron chi connectivity index (χ3n) is 4.52.